The normalized spacial score (nSPS) is 19.8. The summed E-state index contributed by atoms with van der Waals surface area (Å²) < 4.78 is 38.2. The molecule has 0 spiro atoms. The van der Waals surface area contributed by atoms with Gasteiger partial charge in [0.05, 0.1) is 16.8 Å². The molecule has 0 bridgehead atoms. The van der Waals surface area contributed by atoms with Crippen LogP contribution in [-0.2, 0) is 6.18 Å². The Balaban J connectivity index is 2.38. The van der Waals surface area contributed by atoms with E-state index >= 15 is 0 Å². The van der Waals surface area contributed by atoms with Crippen LogP contribution < -0.4 is 5.73 Å². The van der Waals surface area contributed by atoms with Crippen LogP contribution in [0, 0.1) is 0 Å². The number of halogens is 3. The van der Waals surface area contributed by atoms with Gasteiger partial charge in [0.15, 0.2) is 0 Å². The smallest absolute Gasteiger partial charge is 0.398 e. The average molecular weight is 272 g/mol. The molecule has 1 amide bonds. The van der Waals surface area contributed by atoms with Crippen LogP contribution in [0.5, 0.6) is 0 Å². The van der Waals surface area contributed by atoms with Crippen molar-refractivity contribution in [3.63, 3.8) is 0 Å². The van der Waals surface area contributed by atoms with Crippen molar-refractivity contribution in [3.8, 4) is 0 Å². The number of carbonyl (C=O) groups is 1. The molecule has 3 nitrogen and oxygen atoms in total. The third-order valence-electron chi connectivity index (χ3n) is 3.46. The number of para-hydroxylation sites is 1. The first-order valence-corrected chi connectivity index (χ1v) is 6.09. The van der Waals surface area contributed by atoms with Crippen LogP contribution in [0.2, 0.25) is 0 Å². The van der Waals surface area contributed by atoms with Crippen LogP contribution >= 0.6 is 0 Å². The van der Waals surface area contributed by atoms with Gasteiger partial charge in [-0.25, -0.2) is 0 Å². The monoisotopic (exact) mass is 272 g/mol. The van der Waals surface area contributed by atoms with Crippen molar-refractivity contribution in [1.29, 1.82) is 0 Å². The van der Waals surface area contributed by atoms with Gasteiger partial charge in [0.1, 0.15) is 0 Å². The minimum absolute atomic E-state index is 0.0430. The summed E-state index contributed by atoms with van der Waals surface area (Å²) in [4.78, 5) is 13.8. The largest absolute Gasteiger partial charge is 0.418 e. The summed E-state index contributed by atoms with van der Waals surface area (Å²) in [6.45, 7) is 2.45. The number of carbonyl (C=O) groups excluding carboxylic acids is 1. The summed E-state index contributed by atoms with van der Waals surface area (Å²) in [7, 11) is 0. The lowest BCUT2D eigenvalue weighted by Gasteiger charge is -2.23. The van der Waals surface area contributed by atoms with E-state index in [0.717, 1.165) is 18.9 Å². The molecule has 0 aliphatic carbocycles. The third-order valence-corrected chi connectivity index (χ3v) is 3.46. The second-order valence-corrected chi connectivity index (χ2v) is 4.75. The predicted octanol–water partition coefficient (Wildman–Crippen LogP) is 2.91. The highest BCUT2D eigenvalue weighted by atomic mass is 19.4. The predicted molar refractivity (Wildman–Crippen MR) is 65.6 cm³/mol. The molecule has 1 atom stereocenters. The standard InChI is InChI=1S/C13H15F3N2O/c1-8-4-3-7-18(8)12(19)9-5-2-6-10(11(9)17)13(14,15)16/h2,5-6,8H,3-4,7,17H2,1H3. The lowest BCUT2D eigenvalue weighted by Crippen LogP contribution is -2.34. The average Bonchev–Trinajstić information content (AvgIpc) is 2.73. The van der Waals surface area contributed by atoms with E-state index in [1.807, 2.05) is 6.92 Å². The Morgan fingerprint density at radius 2 is 2.11 bits per heavy atom. The fourth-order valence-corrected chi connectivity index (χ4v) is 2.39. The number of likely N-dealkylation sites (tertiary alicyclic amines) is 1. The minimum atomic E-state index is -4.54. The number of benzene rings is 1. The number of rotatable bonds is 1. The van der Waals surface area contributed by atoms with Crippen molar-refractivity contribution in [3.05, 3.63) is 29.3 Å². The Hall–Kier alpha value is -1.72. The zero-order chi connectivity index (χ0) is 14.2. The number of nitrogen functional groups attached to an aromatic ring is 1. The van der Waals surface area contributed by atoms with E-state index in [4.69, 9.17) is 5.73 Å². The second kappa shape index (κ2) is 4.75. The SMILES string of the molecule is CC1CCCN1C(=O)c1cccc(C(F)(F)F)c1N. The Kier molecular flexibility index (Phi) is 3.43. The molecule has 1 aliphatic heterocycles. The second-order valence-electron chi connectivity index (χ2n) is 4.75. The topological polar surface area (TPSA) is 46.3 Å². The fraction of sp³-hybridized carbons (Fsp3) is 0.462. The van der Waals surface area contributed by atoms with Crippen LogP contribution in [0.1, 0.15) is 35.7 Å². The maximum absolute atomic E-state index is 12.7. The summed E-state index contributed by atoms with van der Waals surface area (Å²) in [6.07, 6.45) is -2.81. The Morgan fingerprint density at radius 3 is 2.63 bits per heavy atom. The number of alkyl halides is 3. The molecule has 2 N–H and O–H groups in total. The van der Waals surface area contributed by atoms with Gasteiger partial charge in [-0.2, -0.15) is 13.2 Å². The van der Waals surface area contributed by atoms with Crippen LogP contribution in [0.3, 0.4) is 0 Å². The first kappa shape index (κ1) is 13.7. The van der Waals surface area contributed by atoms with E-state index in [-0.39, 0.29) is 11.6 Å². The maximum Gasteiger partial charge on any atom is 0.418 e. The van der Waals surface area contributed by atoms with Gasteiger partial charge in [0.25, 0.3) is 5.91 Å². The molecular weight excluding hydrogens is 257 g/mol. The molecule has 1 aliphatic rings. The van der Waals surface area contributed by atoms with Gasteiger partial charge < -0.3 is 10.6 Å². The van der Waals surface area contributed by atoms with Crippen molar-refractivity contribution in [1.82, 2.24) is 4.90 Å². The number of hydrogen-bond acceptors (Lipinski definition) is 2. The van der Waals surface area contributed by atoms with E-state index in [1.54, 1.807) is 4.90 Å². The highest BCUT2D eigenvalue weighted by molar-refractivity contribution is 6.00. The Morgan fingerprint density at radius 1 is 1.42 bits per heavy atom. The molecule has 6 heteroatoms. The number of amides is 1. The van der Waals surface area contributed by atoms with Crippen molar-refractivity contribution < 1.29 is 18.0 Å². The summed E-state index contributed by atoms with van der Waals surface area (Å²) in [5, 5.41) is 0. The Bertz CT molecular complexity index is 499. The fourth-order valence-electron chi connectivity index (χ4n) is 2.39. The lowest BCUT2D eigenvalue weighted by molar-refractivity contribution is -0.136. The Labute approximate surface area is 109 Å². The zero-order valence-electron chi connectivity index (χ0n) is 10.5. The highest BCUT2D eigenvalue weighted by Crippen LogP contribution is 2.35. The molecule has 1 unspecified atom stereocenters. The van der Waals surface area contributed by atoms with Crippen LogP contribution in [0.25, 0.3) is 0 Å². The zero-order valence-corrected chi connectivity index (χ0v) is 10.5. The van der Waals surface area contributed by atoms with Crippen molar-refractivity contribution >= 4 is 11.6 Å². The van der Waals surface area contributed by atoms with E-state index < -0.39 is 23.3 Å². The summed E-state index contributed by atoms with van der Waals surface area (Å²) in [5.41, 5.74) is 4.01. The summed E-state index contributed by atoms with van der Waals surface area (Å²) >= 11 is 0. The van der Waals surface area contributed by atoms with E-state index in [0.29, 0.717) is 6.54 Å². The highest BCUT2D eigenvalue weighted by Gasteiger charge is 2.35. The summed E-state index contributed by atoms with van der Waals surface area (Å²) in [6, 6.07) is 3.49. The van der Waals surface area contributed by atoms with Gasteiger partial charge in [-0.1, -0.05) is 6.07 Å². The molecule has 0 saturated carbocycles. The van der Waals surface area contributed by atoms with Crippen molar-refractivity contribution in [2.45, 2.75) is 32.0 Å². The van der Waals surface area contributed by atoms with Crippen LogP contribution in [0.4, 0.5) is 18.9 Å². The molecule has 19 heavy (non-hydrogen) atoms. The quantitative estimate of drug-likeness (QED) is 0.799. The van der Waals surface area contributed by atoms with E-state index in [2.05, 4.69) is 0 Å². The summed E-state index contributed by atoms with van der Waals surface area (Å²) in [5.74, 6) is -0.423. The molecular formula is C13H15F3N2O. The molecule has 0 aromatic heterocycles. The molecule has 1 fully saturated rings. The van der Waals surface area contributed by atoms with E-state index in [9.17, 15) is 18.0 Å². The molecule has 1 saturated heterocycles. The van der Waals surface area contributed by atoms with Gasteiger partial charge >= 0.3 is 6.18 Å². The van der Waals surface area contributed by atoms with Crippen molar-refractivity contribution in [2.24, 2.45) is 0 Å². The molecule has 1 aromatic carbocycles. The molecule has 1 heterocycles. The number of hydrogen-bond donors (Lipinski definition) is 1. The first-order valence-electron chi connectivity index (χ1n) is 6.09. The number of anilines is 1. The lowest BCUT2D eigenvalue weighted by atomic mass is 10.1. The number of nitrogens with zero attached hydrogens (tertiary/aromatic N) is 1. The minimum Gasteiger partial charge on any atom is -0.398 e. The molecule has 104 valence electrons. The van der Waals surface area contributed by atoms with Gasteiger partial charge in [-0.05, 0) is 31.9 Å². The van der Waals surface area contributed by atoms with Crippen LogP contribution in [-0.4, -0.2) is 23.4 Å². The van der Waals surface area contributed by atoms with Gasteiger partial charge in [-0.15, -0.1) is 0 Å². The number of nitrogens with two attached hydrogens (primary N) is 1. The van der Waals surface area contributed by atoms with Gasteiger partial charge in [0.2, 0.25) is 0 Å². The third kappa shape index (κ3) is 2.52. The van der Waals surface area contributed by atoms with Crippen LogP contribution in [0.15, 0.2) is 18.2 Å². The van der Waals surface area contributed by atoms with E-state index in [1.165, 1.54) is 12.1 Å². The van der Waals surface area contributed by atoms with Gasteiger partial charge in [0, 0.05) is 12.6 Å². The molecule has 1 aromatic rings. The maximum atomic E-state index is 12.7. The molecule has 2 rings (SSSR count). The molecule has 0 radical (unpaired) electrons. The van der Waals surface area contributed by atoms with Gasteiger partial charge in [-0.3, -0.25) is 4.79 Å². The first-order chi connectivity index (χ1) is 8.82. The van der Waals surface area contributed by atoms with Crippen molar-refractivity contribution in [2.75, 3.05) is 12.3 Å².